The fourth-order valence-corrected chi connectivity index (χ4v) is 4.05. The van der Waals surface area contributed by atoms with Gasteiger partial charge in [0.15, 0.2) is 5.67 Å². The number of carbonyl (C=O) groups is 1. The molecule has 1 aliphatic rings. The van der Waals surface area contributed by atoms with Crippen molar-refractivity contribution in [2.45, 2.75) is 37.6 Å². The van der Waals surface area contributed by atoms with E-state index >= 15 is 4.39 Å². The summed E-state index contributed by atoms with van der Waals surface area (Å²) >= 11 is 3.93. The number of carbonyl (C=O) groups excluding carboxylic acids is 1. The molecule has 1 aliphatic heterocycles. The van der Waals surface area contributed by atoms with Crippen molar-refractivity contribution in [3.05, 3.63) is 28.8 Å². The third-order valence-corrected chi connectivity index (χ3v) is 5.73. The van der Waals surface area contributed by atoms with Gasteiger partial charge in [-0.1, -0.05) is 11.6 Å². The van der Waals surface area contributed by atoms with Gasteiger partial charge in [-0.05, 0) is 26.8 Å². The van der Waals surface area contributed by atoms with Crippen LogP contribution in [-0.4, -0.2) is 19.4 Å². The number of halogens is 3. The van der Waals surface area contributed by atoms with E-state index in [0.717, 1.165) is 12.3 Å². The Morgan fingerprint density at radius 1 is 1.55 bits per heavy atom. The summed E-state index contributed by atoms with van der Waals surface area (Å²) in [7, 11) is 0. The summed E-state index contributed by atoms with van der Waals surface area (Å²) in [6.45, 7) is 4.37. The van der Waals surface area contributed by atoms with Crippen LogP contribution in [-0.2, 0) is 21.6 Å². The Kier molecular flexibility index (Phi) is 3.86. The topological polar surface area (TPSA) is 53.0 Å². The van der Waals surface area contributed by atoms with Crippen LogP contribution in [0.3, 0.4) is 0 Å². The molecule has 3 atom stereocenters. The van der Waals surface area contributed by atoms with Gasteiger partial charge in [0.1, 0.15) is 10.7 Å². The zero-order valence-corrected chi connectivity index (χ0v) is 12.8. The molecule has 2 rings (SSSR count). The standard InChI is InChI=1S/C13H14ClF2NO2S/c1-7-11(18)20(19)12(2,3)6-13(7,16)9-4-8(14)5-17-10(9)15/h4-5,7H,6H2,1-3H3. The minimum Gasteiger partial charge on any atom is -0.609 e. The van der Waals surface area contributed by atoms with E-state index in [-0.39, 0.29) is 17.0 Å². The predicted octanol–water partition coefficient (Wildman–Crippen LogP) is 3.13. The van der Waals surface area contributed by atoms with Crippen LogP contribution in [0, 0.1) is 11.9 Å². The first-order chi connectivity index (χ1) is 9.09. The van der Waals surface area contributed by atoms with Crippen molar-refractivity contribution >= 4 is 27.9 Å². The summed E-state index contributed by atoms with van der Waals surface area (Å²) in [6, 6.07) is 1.14. The quantitative estimate of drug-likeness (QED) is 0.590. The lowest BCUT2D eigenvalue weighted by Crippen LogP contribution is -2.54. The van der Waals surface area contributed by atoms with Crippen LogP contribution in [0.25, 0.3) is 0 Å². The van der Waals surface area contributed by atoms with E-state index in [2.05, 4.69) is 4.98 Å². The van der Waals surface area contributed by atoms with E-state index in [9.17, 15) is 13.7 Å². The monoisotopic (exact) mass is 321 g/mol. The van der Waals surface area contributed by atoms with Gasteiger partial charge in [-0.25, -0.2) is 14.2 Å². The van der Waals surface area contributed by atoms with Crippen molar-refractivity contribution in [1.82, 2.24) is 4.98 Å². The van der Waals surface area contributed by atoms with E-state index in [1.807, 2.05) is 0 Å². The maximum Gasteiger partial charge on any atom is 0.335 e. The molecule has 3 unspecified atom stereocenters. The lowest BCUT2D eigenvalue weighted by atomic mass is 9.78. The Morgan fingerprint density at radius 3 is 2.75 bits per heavy atom. The highest BCUT2D eigenvalue weighted by Gasteiger charge is 2.60. The van der Waals surface area contributed by atoms with Crippen LogP contribution < -0.4 is 0 Å². The van der Waals surface area contributed by atoms with Gasteiger partial charge in [-0.2, -0.15) is 4.39 Å². The van der Waals surface area contributed by atoms with Crippen LogP contribution in [0.2, 0.25) is 5.02 Å². The molecule has 0 spiro atoms. The van der Waals surface area contributed by atoms with Crippen LogP contribution in [0.1, 0.15) is 32.8 Å². The highest BCUT2D eigenvalue weighted by Crippen LogP contribution is 2.50. The molecule has 0 saturated carbocycles. The second kappa shape index (κ2) is 4.93. The molecule has 20 heavy (non-hydrogen) atoms. The average molecular weight is 322 g/mol. The maximum absolute atomic E-state index is 15.4. The Hall–Kier alpha value is -0.720. The fourth-order valence-electron chi connectivity index (χ4n) is 2.50. The van der Waals surface area contributed by atoms with E-state index < -0.39 is 38.6 Å². The number of rotatable bonds is 1. The zero-order valence-electron chi connectivity index (χ0n) is 11.2. The summed E-state index contributed by atoms with van der Waals surface area (Å²) in [6.07, 6.45) is 0.834. The van der Waals surface area contributed by atoms with Gasteiger partial charge < -0.3 is 4.55 Å². The molecule has 0 N–H and O–H groups in total. The van der Waals surface area contributed by atoms with Crippen molar-refractivity contribution in [3.63, 3.8) is 0 Å². The normalized spacial score (nSPS) is 33.2. The fraction of sp³-hybridized carbons (Fsp3) is 0.538. The number of hydrogen-bond acceptors (Lipinski definition) is 3. The summed E-state index contributed by atoms with van der Waals surface area (Å²) in [5, 5.41) is -0.634. The Morgan fingerprint density at radius 2 is 2.15 bits per heavy atom. The molecule has 1 saturated heterocycles. The van der Waals surface area contributed by atoms with E-state index in [1.54, 1.807) is 0 Å². The number of nitrogens with zero attached hydrogens (tertiary/aromatic N) is 1. The highest BCUT2D eigenvalue weighted by molar-refractivity contribution is 8.07. The number of hydrogen-bond donors (Lipinski definition) is 0. The van der Waals surface area contributed by atoms with Gasteiger partial charge in [0.25, 0.3) is 0 Å². The van der Waals surface area contributed by atoms with Crippen molar-refractivity contribution in [2.24, 2.45) is 5.92 Å². The molecule has 7 heteroatoms. The average Bonchev–Trinajstić information content (AvgIpc) is 2.36. The Labute approximate surface area is 123 Å². The second-order valence-electron chi connectivity index (χ2n) is 5.60. The summed E-state index contributed by atoms with van der Waals surface area (Å²) in [5.41, 5.74) is -2.62. The van der Waals surface area contributed by atoms with Crippen LogP contribution in [0.5, 0.6) is 0 Å². The first-order valence-corrected chi connectivity index (χ1v) is 7.58. The van der Waals surface area contributed by atoms with Gasteiger partial charge in [0, 0.05) is 29.4 Å². The highest BCUT2D eigenvalue weighted by atomic mass is 35.5. The van der Waals surface area contributed by atoms with Gasteiger partial charge in [0.05, 0.1) is 5.02 Å². The lowest BCUT2D eigenvalue weighted by Gasteiger charge is -2.42. The van der Waals surface area contributed by atoms with Gasteiger partial charge in [-0.3, -0.25) is 0 Å². The molecule has 1 aromatic rings. The van der Waals surface area contributed by atoms with Crippen LogP contribution >= 0.6 is 11.6 Å². The zero-order chi connectivity index (χ0) is 15.3. The van der Waals surface area contributed by atoms with E-state index in [1.165, 1.54) is 20.8 Å². The smallest absolute Gasteiger partial charge is 0.335 e. The molecule has 0 radical (unpaired) electrons. The molecular formula is C13H14ClF2NO2S. The maximum atomic E-state index is 15.4. The van der Waals surface area contributed by atoms with Crippen molar-refractivity contribution < 1.29 is 18.1 Å². The second-order valence-corrected chi connectivity index (χ2v) is 8.08. The van der Waals surface area contributed by atoms with Crippen molar-refractivity contribution in [3.8, 4) is 0 Å². The first kappa shape index (κ1) is 15.7. The van der Waals surface area contributed by atoms with E-state index in [0.29, 0.717) is 0 Å². The molecule has 110 valence electrons. The van der Waals surface area contributed by atoms with Crippen molar-refractivity contribution in [2.75, 3.05) is 0 Å². The molecule has 0 aliphatic carbocycles. The third-order valence-electron chi connectivity index (χ3n) is 3.66. The first-order valence-electron chi connectivity index (χ1n) is 6.06. The molecular weight excluding hydrogens is 308 g/mol. The minimum atomic E-state index is -2.27. The summed E-state index contributed by atoms with van der Waals surface area (Å²) in [5.74, 6) is -2.22. The van der Waals surface area contributed by atoms with Crippen LogP contribution in [0.15, 0.2) is 12.3 Å². The Bertz CT molecular complexity index is 569. The largest absolute Gasteiger partial charge is 0.609 e. The molecule has 0 amide bonds. The van der Waals surface area contributed by atoms with Crippen molar-refractivity contribution in [1.29, 1.82) is 0 Å². The molecule has 1 fully saturated rings. The van der Waals surface area contributed by atoms with E-state index in [4.69, 9.17) is 11.6 Å². The number of alkyl halides is 1. The SMILES string of the molecule is CC1C(=O)[S+]([O-])C(C)(C)CC1(F)c1cc(Cl)cnc1F. The molecule has 0 aromatic carbocycles. The minimum absolute atomic E-state index is 0.0857. The van der Waals surface area contributed by atoms with Gasteiger partial charge >= 0.3 is 5.12 Å². The number of aromatic nitrogens is 1. The molecule has 0 bridgehead atoms. The Balaban J connectivity index is 2.58. The van der Waals surface area contributed by atoms with Crippen LogP contribution in [0.4, 0.5) is 8.78 Å². The molecule has 1 aromatic heterocycles. The van der Waals surface area contributed by atoms with Gasteiger partial charge in [-0.15, -0.1) is 0 Å². The van der Waals surface area contributed by atoms with Gasteiger partial charge in [0.2, 0.25) is 5.95 Å². The molecule has 3 nitrogen and oxygen atoms in total. The third kappa shape index (κ3) is 2.34. The lowest BCUT2D eigenvalue weighted by molar-refractivity contribution is -0.122. The predicted molar refractivity (Wildman–Crippen MR) is 73.0 cm³/mol. The summed E-state index contributed by atoms with van der Waals surface area (Å²) < 4.78 is 40.1. The molecule has 2 heterocycles. The number of pyridine rings is 1. The summed E-state index contributed by atoms with van der Waals surface area (Å²) in [4.78, 5) is 15.4.